The number of hydrogen-bond acceptors (Lipinski definition) is 5. The van der Waals surface area contributed by atoms with Crippen molar-refractivity contribution < 1.29 is 14.3 Å². The summed E-state index contributed by atoms with van der Waals surface area (Å²) >= 11 is 0. The Morgan fingerprint density at radius 1 is 1.21 bits per heavy atom. The monoisotopic (exact) mass is 325 g/mol. The van der Waals surface area contributed by atoms with E-state index in [1.54, 1.807) is 37.4 Å². The van der Waals surface area contributed by atoms with Crippen LogP contribution in [0.25, 0.3) is 0 Å². The SMILES string of the molecule is COc1ccc(N2C(=O)CC(NCc3cccc(N)c3)C2=O)cc1. The van der Waals surface area contributed by atoms with Gasteiger partial charge in [-0.2, -0.15) is 0 Å². The summed E-state index contributed by atoms with van der Waals surface area (Å²) in [7, 11) is 1.57. The van der Waals surface area contributed by atoms with E-state index in [0.29, 0.717) is 23.7 Å². The van der Waals surface area contributed by atoms with Gasteiger partial charge >= 0.3 is 0 Å². The highest BCUT2D eigenvalue weighted by molar-refractivity contribution is 6.22. The summed E-state index contributed by atoms with van der Waals surface area (Å²) in [5.41, 5.74) is 7.94. The highest BCUT2D eigenvalue weighted by Gasteiger charge is 2.39. The van der Waals surface area contributed by atoms with Gasteiger partial charge in [-0.15, -0.1) is 0 Å². The number of nitrogens with two attached hydrogens (primary N) is 1. The van der Waals surface area contributed by atoms with Crippen molar-refractivity contribution in [2.24, 2.45) is 0 Å². The first-order valence-electron chi connectivity index (χ1n) is 7.67. The molecule has 0 radical (unpaired) electrons. The average molecular weight is 325 g/mol. The Bertz CT molecular complexity index is 758. The van der Waals surface area contributed by atoms with Crippen molar-refractivity contribution in [2.75, 3.05) is 17.7 Å². The normalized spacial score (nSPS) is 17.4. The van der Waals surface area contributed by atoms with Gasteiger partial charge in [0.1, 0.15) is 5.75 Å². The molecule has 0 aliphatic carbocycles. The number of nitrogens with zero attached hydrogens (tertiary/aromatic N) is 1. The molecule has 1 unspecified atom stereocenters. The van der Waals surface area contributed by atoms with Crippen molar-refractivity contribution >= 4 is 23.2 Å². The second-order valence-electron chi connectivity index (χ2n) is 5.65. The average Bonchev–Trinajstić information content (AvgIpc) is 2.87. The molecule has 3 rings (SSSR count). The Hall–Kier alpha value is -2.86. The summed E-state index contributed by atoms with van der Waals surface area (Å²) in [6.45, 7) is 0.477. The molecule has 2 aromatic rings. The molecule has 1 heterocycles. The van der Waals surface area contributed by atoms with E-state index >= 15 is 0 Å². The van der Waals surface area contributed by atoms with Crippen LogP contribution in [0.3, 0.4) is 0 Å². The van der Waals surface area contributed by atoms with Gasteiger partial charge in [0.05, 0.1) is 25.3 Å². The molecular formula is C18H19N3O3. The molecule has 1 atom stereocenters. The van der Waals surface area contributed by atoms with Crippen LogP contribution in [0.5, 0.6) is 5.75 Å². The van der Waals surface area contributed by atoms with Crippen molar-refractivity contribution in [3.8, 4) is 5.75 Å². The third-order valence-electron chi connectivity index (χ3n) is 3.98. The maximum atomic E-state index is 12.5. The van der Waals surface area contributed by atoms with E-state index in [0.717, 1.165) is 5.56 Å². The number of carbonyl (C=O) groups excluding carboxylic acids is 2. The number of nitrogens with one attached hydrogen (secondary N) is 1. The molecule has 0 spiro atoms. The standard InChI is InChI=1S/C18H19N3O3/c1-24-15-7-5-14(6-8-15)21-17(22)10-16(18(21)23)20-11-12-3-2-4-13(19)9-12/h2-9,16,20H,10-11,19H2,1H3. The lowest BCUT2D eigenvalue weighted by Crippen LogP contribution is -2.38. The van der Waals surface area contributed by atoms with Crippen LogP contribution in [0.4, 0.5) is 11.4 Å². The van der Waals surface area contributed by atoms with Gasteiger partial charge in [-0.3, -0.25) is 9.59 Å². The fourth-order valence-corrected chi connectivity index (χ4v) is 2.74. The Kier molecular flexibility index (Phi) is 4.48. The van der Waals surface area contributed by atoms with Crippen LogP contribution in [-0.4, -0.2) is 25.0 Å². The molecule has 2 amide bonds. The first kappa shape index (κ1) is 16.0. The first-order valence-corrected chi connectivity index (χ1v) is 7.67. The minimum absolute atomic E-state index is 0.146. The molecule has 0 bridgehead atoms. The number of ether oxygens (including phenoxy) is 1. The molecule has 24 heavy (non-hydrogen) atoms. The molecule has 0 aromatic heterocycles. The third kappa shape index (κ3) is 3.23. The van der Waals surface area contributed by atoms with Crippen LogP contribution in [-0.2, 0) is 16.1 Å². The first-order chi connectivity index (χ1) is 11.6. The van der Waals surface area contributed by atoms with Crippen LogP contribution >= 0.6 is 0 Å². The molecule has 0 saturated carbocycles. The van der Waals surface area contributed by atoms with E-state index in [1.165, 1.54) is 4.90 Å². The second kappa shape index (κ2) is 6.72. The van der Waals surface area contributed by atoms with Gasteiger partial charge < -0.3 is 15.8 Å². The number of rotatable bonds is 5. The van der Waals surface area contributed by atoms with Gasteiger partial charge in [-0.05, 0) is 42.0 Å². The number of amides is 2. The number of nitrogen functional groups attached to an aromatic ring is 1. The number of imide groups is 1. The molecule has 1 fully saturated rings. The predicted octanol–water partition coefficient (Wildman–Crippen LogP) is 1.70. The lowest BCUT2D eigenvalue weighted by atomic mass is 10.2. The van der Waals surface area contributed by atoms with E-state index in [4.69, 9.17) is 10.5 Å². The van der Waals surface area contributed by atoms with Crippen LogP contribution in [0.2, 0.25) is 0 Å². The predicted molar refractivity (Wildman–Crippen MR) is 91.6 cm³/mol. The maximum Gasteiger partial charge on any atom is 0.251 e. The molecule has 6 heteroatoms. The lowest BCUT2D eigenvalue weighted by Gasteiger charge is -2.16. The van der Waals surface area contributed by atoms with Gasteiger partial charge in [0.2, 0.25) is 5.91 Å². The van der Waals surface area contributed by atoms with Crippen LogP contribution in [0, 0.1) is 0 Å². The van der Waals surface area contributed by atoms with Gasteiger partial charge in [0, 0.05) is 12.2 Å². The fourth-order valence-electron chi connectivity index (χ4n) is 2.74. The molecule has 6 nitrogen and oxygen atoms in total. The smallest absolute Gasteiger partial charge is 0.251 e. The van der Waals surface area contributed by atoms with Gasteiger partial charge in [-0.1, -0.05) is 12.1 Å². The number of methoxy groups -OCH3 is 1. The zero-order chi connectivity index (χ0) is 17.1. The van der Waals surface area contributed by atoms with Gasteiger partial charge in [0.25, 0.3) is 5.91 Å². The van der Waals surface area contributed by atoms with Crippen LogP contribution in [0.1, 0.15) is 12.0 Å². The van der Waals surface area contributed by atoms with Crippen molar-refractivity contribution in [2.45, 2.75) is 19.0 Å². The maximum absolute atomic E-state index is 12.5. The summed E-state index contributed by atoms with van der Waals surface area (Å²) in [5, 5.41) is 3.14. The summed E-state index contributed by atoms with van der Waals surface area (Å²) in [4.78, 5) is 26.0. The Morgan fingerprint density at radius 2 is 1.96 bits per heavy atom. The van der Waals surface area contributed by atoms with Crippen molar-refractivity contribution in [1.29, 1.82) is 0 Å². The molecule has 124 valence electrons. The van der Waals surface area contributed by atoms with E-state index in [1.807, 2.05) is 18.2 Å². The lowest BCUT2D eigenvalue weighted by molar-refractivity contribution is -0.121. The van der Waals surface area contributed by atoms with Gasteiger partial charge in [0.15, 0.2) is 0 Å². The minimum Gasteiger partial charge on any atom is -0.497 e. The zero-order valence-electron chi connectivity index (χ0n) is 13.4. The molecule has 2 aromatic carbocycles. The summed E-state index contributed by atoms with van der Waals surface area (Å²) < 4.78 is 5.09. The van der Waals surface area contributed by atoms with Crippen molar-refractivity contribution in [3.05, 3.63) is 54.1 Å². The van der Waals surface area contributed by atoms with E-state index in [-0.39, 0.29) is 18.2 Å². The summed E-state index contributed by atoms with van der Waals surface area (Å²) in [6, 6.07) is 13.8. The van der Waals surface area contributed by atoms with Crippen LogP contribution in [0.15, 0.2) is 48.5 Å². The Labute approximate surface area is 140 Å². The topological polar surface area (TPSA) is 84.7 Å². The summed E-state index contributed by atoms with van der Waals surface area (Å²) in [5.74, 6) is 0.221. The van der Waals surface area contributed by atoms with E-state index in [2.05, 4.69) is 5.32 Å². The molecule has 3 N–H and O–H groups in total. The molecule has 1 saturated heterocycles. The quantitative estimate of drug-likeness (QED) is 0.646. The highest BCUT2D eigenvalue weighted by Crippen LogP contribution is 2.25. The Balaban J connectivity index is 1.69. The molecule has 1 aliphatic heterocycles. The van der Waals surface area contributed by atoms with Crippen molar-refractivity contribution in [3.63, 3.8) is 0 Å². The number of benzene rings is 2. The van der Waals surface area contributed by atoms with E-state index in [9.17, 15) is 9.59 Å². The highest BCUT2D eigenvalue weighted by atomic mass is 16.5. The fraction of sp³-hybridized carbons (Fsp3) is 0.222. The van der Waals surface area contributed by atoms with E-state index < -0.39 is 6.04 Å². The minimum atomic E-state index is -0.527. The van der Waals surface area contributed by atoms with Crippen molar-refractivity contribution in [1.82, 2.24) is 5.32 Å². The zero-order valence-corrected chi connectivity index (χ0v) is 13.4. The second-order valence-corrected chi connectivity index (χ2v) is 5.65. The third-order valence-corrected chi connectivity index (χ3v) is 3.98. The number of carbonyl (C=O) groups is 2. The Morgan fingerprint density at radius 3 is 2.62 bits per heavy atom. The summed E-state index contributed by atoms with van der Waals surface area (Å²) in [6.07, 6.45) is 0.146. The number of hydrogen-bond donors (Lipinski definition) is 2. The molecular weight excluding hydrogens is 306 g/mol. The van der Waals surface area contributed by atoms with Gasteiger partial charge in [-0.25, -0.2) is 4.90 Å². The number of anilines is 2. The largest absolute Gasteiger partial charge is 0.497 e. The van der Waals surface area contributed by atoms with Crippen LogP contribution < -0.4 is 20.7 Å². The molecule has 1 aliphatic rings.